The molecule has 2 fully saturated rings. The first-order chi connectivity index (χ1) is 16.6. The van der Waals surface area contributed by atoms with Gasteiger partial charge in [0, 0.05) is 5.92 Å². The first-order valence-corrected chi connectivity index (χ1v) is 13.1. The molecule has 0 aromatic heterocycles. The van der Waals surface area contributed by atoms with Crippen LogP contribution in [-0.2, 0) is 42.9 Å². The van der Waals surface area contributed by atoms with E-state index in [-0.39, 0.29) is 44.3 Å². The van der Waals surface area contributed by atoms with E-state index in [4.69, 9.17) is 18.9 Å². The number of amides is 1. The summed E-state index contributed by atoms with van der Waals surface area (Å²) in [5.41, 5.74) is -1.95. The Labute approximate surface area is 226 Å². The predicted molar refractivity (Wildman–Crippen MR) is 133 cm³/mol. The maximum atomic E-state index is 12.9. The van der Waals surface area contributed by atoms with Crippen molar-refractivity contribution in [2.45, 2.75) is 55.0 Å². The maximum Gasteiger partial charge on any atom is 0.322 e. The number of ether oxygens (including phenoxy) is 4. The Balaban J connectivity index is 1.53. The average molecular weight is 637 g/mol. The van der Waals surface area contributed by atoms with Crippen molar-refractivity contribution in [2.75, 3.05) is 26.4 Å². The van der Waals surface area contributed by atoms with Gasteiger partial charge in [-0.15, -0.1) is 0 Å². The van der Waals surface area contributed by atoms with Gasteiger partial charge in [0.05, 0.1) is 18.4 Å². The van der Waals surface area contributed by atoms with Crippen LogP contribution >= 0.6 is 31.9 Å². The van der Waals surface area contributed by atoms with Crippen LogP contribution in [0, 0.1) is 23.2 Å². The van der Waals surface area contributed by atoms with Gasteiger partial charge in [-0.05, 0) is 34.6 Å². The van der Waals surface area contributed by atoms with Gasteiger partial charge in [0.1, 0.15) is 51.9 Å². The van der Waals surface area contributed by atoms with Gasteiger partial charge in [0.2, 0.25) is 5.91 Å². The van der Waals surface area contributed by atoms with E-state index in [0.717, 1.165) is 6.29 Å². The van der Waals surface area contributed by atoms with E-state index < -0.39 is 49.4 Å². The normalized spacial score (nSPS) is 28.2. The van der Waals surface area contributed by atoms with Crippen molar-refractivity contribution in [3.05, 3.63) is 12.2 Å². The van der Waals surface area contributed by atoms with Gasteiger partial charge in [0.15, 0.2) is 0 Å². The van der Waals surface area contributed by atoms with Crippen molar-refractivity contribution in [3.8, 4) is 0 Å². The summed E-state index contributed by atoms with van der Waals surface area (Å²) in [5.74, 6) is -3.45. The van der Waals surface area contributed by atoms with Gasteiger partial charge < -0.3 is 29.1 Å². The number of hydrogen-bond donors (Lipinski definition) is 1. The zero-order chi connectivity index (χ0) is 27.1. The Hall–Kier alpha value is -1.79. The molecule has 10 nitrogen and oxygen atoms in total. The summed E-state index contributed by atoms with van der Waals surface area (Å²) in [6, 6.07) is 0. The van der Waals surface area contributed by atoms with E-state index in [1.165, 1.54) is 6.92 Å². The summed E-state index contributed by atoms with van der Waals surface area (Å²) < 4.78 is 19.5. The lowest BCUT2D eigenvalue weighted by Gasteiger charge is -2.30. The number of carbonyl (C=O) groups excluding carboxylic acids is 5. The molecule has 1 heterocycles. The molecule has 3 rings (SSSR count). The third kappa shape index (κ3) is 5.70. The van der Waals surface area contributed by atoms with E-state index in [1.807, 2.05) is 12.2 Å². The Bertz CT molecular complexity index is 938. The number of carbonyl (C=O) groups is 5. The Morgan fingerprint density at radius 3 is 1.97 bits per heavy atom. The Kier molecular flexibility index (Phi) is 8.13. The molecule has 2 aliphatic carbocycles. The van der Waals surface area contributed by atoms with E-state index in [9.17, 15) is 24.0 Å². The highest BCUT2D eigenvalue weighted by atomic mass is 79.9. The van der Waals surface area contributed by atoms with E-state index in [2.05, 4.69) is 37.2 Å². The molecule has 1 saturated carbocycles. The number of hydrogen-bond acceptors (Lipinski definition) is 9. The van der Waals surface area contributed by atoms with Gasteiger partial charge in [-0.25, -0.2) is 0 Å². The Morgan fingerprint density at radius 2 is 1.53 bits per heavy atom. The molecule has 0 bridgehead atoms. The first kappa shape index (κ1) is 28.8. The zero-order valence-electron chi connectivity index (χ0n) is 20.8. The fourth-order valence-electron chi connectivity index (χ4n) is 4.25. The van der Waals surface area contributed by atoms with Crippen molar-refractivity contribution in [1.82, 2.24) is 5.32 Å². The van der Waals surface area contributed by atoms with Crippen LogP contribution in [0.25, 0.3) is 0 Å². The predicted octanol–water partition coefficient (Wildman–Crippen LogP) is 1.85. The zero-order valence-corrected chi connectivity index (χ0v) is 24.0. The topological polar surface area (TPSA) is 138 Å². The van der Waals surface area contributed by atoms with Crippen molar-refractivity contribution in [2.24, 2.45) is 23.2 Å². The largest absolute Gasteiger partial charge is 0.463 e. The van der Waals surface area contributed by atoms with Crippen LogP contribution in [0.1, 0.15) is 34.6 Å². The van der Waals surface area contributed by atoms with Crippen molar-refractivity contribution in [1.29, 1.82) is 0 Å². The fraction of sp³-hybridized carbons (Fsp3) is 0.708. The van der Waals surface area contributed by atoms with Crippen LogP contribution in [0.4, 0.5) is 0 Å². The highest BCUT2D eigenvalue weighted by molar-refractivity contribution is 9.10. The van der Waals surface area contributed by atoms with Crippen LogP contribution in [-0.4, -0.2) is 76.8 Å². The summed E-state index contributed by atoms with van der Waals surface area (Å²) in [5, 5.41) is 2.71. The fourth-order valence-corrected chi connectivity index (χ4v) is 4.48. The van der Waals surface area contributed by atoms with E-state index >= 15 is 0 Å². The second-order valence-electron chi connectivity index (χ2n) is 10.6. The standard InChI is InChI=1S/C24H31Br2NO9/c1-21(2,25)18(30)34-11-23(5,12-35-19(31)22(3,4)26)20(32)33-9-8-27-17(29)15-13(10-28)16-24(36-16)7-6-14(15)24/h6-7,10,13-16H,8-9,11-12H2,1-5H3,(H,27,29). The smallest absolute Gasteiger partial charge is 0.322 e. The molecule has 0 aromatic rings. The van der Waals surface area contributed by atoms with Crippen molar-refractivity contribution >= 4 is 62.0 Å². The second kappa shape index (κ2) is 10.2. The third-order valence-electron chi connectivity index (χ3n) is 6.56. The number of esters is 3. The van der Waals surface area contributed by atoms with Crippen LogP contribution in [0.15, 0.2) is 12.2 Å². The molecule has 1 saturated heterocycles. The SMILES string of the molecule is CC(C)(Br)C(=O)OCC(C)(COC(=O)C(C)(C)Br)C(=O)OCCNC(=O)C1C(C=O)C2OC23C=CC13. The molecule has 3 aliphatic rings. The molecule has 36 heavy (non-hydrogen) atoms. The van der Waals surface area contributed by atoms with Gasteiger partial charge in [-0.2, -0.15) is 0 Å². The van der Waals surface area contributed by atoms with Crippen molar-refractivity contribution in [3.63, 3.8) is 0 Å². The highest BCUT2D eigenvalue weighted by Crippen LogP contribution is 2.64. The minimum Gasteiger partial charge on any atom is -0.463 e. The molecule has 1 aliphatic heterocycles. The van der Waals surface area contributed by atoms with Crippen LogP contribution in [0.3, 0.4) is 0 Å². The quantitative estimate of drug-likeness (QED) is 0.0647. The highest BCUT2D eigenvalue weighted by Gasteiger charge is 2.76. The molecule has 1 N–H and O–H groups in total. The minimum absolute atomic E-state index is 0.0140. The summed E-state index contributed by atoms with van der Waals surface area (Å²) in [7, 11) is 0. The second-order valence-corrected chi connectivity index (χ2v) is 14.6. The average Bonchev–Trinajstić information content (AvgIpc) is 3.50. The molecule has 0 radical (unpaired) electrons. The van der Waals surface area contributed by atoms with Gasteiger partial charge >= 0.3 is 17.9 Å². The lowest BCUT2D eigenvalue weighted by Crippen LogP contribution is -2.45. The number of rotatable bonds is 12. The van der Waals surface area contributed by atoms with Crippen LogP contribution in [0.2, 0.25) is 0 Å². The lowest BCUT2D eigenvalue weighted by atomic mass is 9.77. The summed E-state index contributed by atoms with van der Waals surface area (Å²) >= 11 is 6.40. The summed E-state index contributed by atoms with van der Waals surface area (Å²) in [4.78, 5) is 61.6. The van der Waals surface area contributed by atoms with E-state index in [1.54, 1.807) is 27.7 Å². The molecule has 5 unspecified atom stereocenters. The van der Waals surface area contributed by atoms with Crippen LogP contribution in [0.5, 0.6) is 0 Å². The number of epoxide rings is 1. The number of aldehydes is 1. The summed E-state index contributed by atoms with van der Waals surface area (Å²) in [6.45, 7) is 6.91. The molecule has 1 amide bonds. The summed E-state index contributed by atoms with van der Waals surface area (Å²) in [6.07, 6.45) is 4.28. The molecule has 200 valence electrons. The maximum absolute atomic E-state index is 12.9. The molecular formula is C24H31Br2NO9. The first-order valence-electron chi connectivity index (χ1n) is 11.6. The molecule has 12 heteroatoms. The van der Waals surface area contributed by atoms with Gasteiger partial charge in [-0.1, -0.05) is 44.0 Å². The third-order valence-corrected chi connectivity index (χ3v) is 7.20. The number of alkyl halides is 2. The van der Waals surface area contributed by atoms with Gasteiger partial charge in [0.25, 0.3) is 0 Å². The minimum atomic E-state index is -1.48. The van der Waals surface area contributed by atoms with Crippen LogP contribution < -0.4 is 5.32 Å². The monoisotopic (exact) mass is 635 g/mol. The Morgan fingerprint density at radius 1 is 0.972 bits per heavy atom. The van der Waals surface area contributed by atoms with Gasteiger partial charge in [-0.3, -0.25) is 19.2 Å². The molecule has 1 spiro atoms. The van der Waals surface area contributed by atoms with E-state index in [0.29, 0.717) is 0 Å². The molecular weight excluding hydrogens is 606 g/mol. The number of nitrogens with one attached hydrogen (secondary N) is 1. The lowest BCUT2D eigenvalue weighted by molar-refractivity contribution is -0.171. The molecule has 0 aromatic carbocycles. The molecule has 5 atom stereocenters. The number of halogens is 2. The van der Waals surface area contributed by atoms with Crippen molar-refractivity contribution < 1.29 is 42.9 Å².